The molecular weight excluding hydrogens is 222 g/mol. The third kappa shape index (κ3) is 2.75. The van der Waals surface area contributed by atoms with E-state index in [1.807, 2.05) is 0 Å². The maximum atomic E-state index is 5.58. The number of rotatable bonds is 0. The van der Waals surface area contributed by atoms with Crippen LogP contribution in [0.5, 0.6) is 0 Å². The lowest BCUT2D eigenvalue weighted by Gasteiger charge is -2.43. The third-order valence-corrected chi connectivity index (χ3v) is 4.92. The Morgan fingerprint density at radius 2 is 1.56 bits per heavy atom. The Morgan fingerprint density at radius 1 is 1.00 bits per heavy atom. The standard InChI is InChI=1S/C16H31NO/c1-14(2,3)13-11-16(7-9-18-10-8-16)12-17(13)15(4,5)6/h13H,7-12H2,1-6H3. The number of ether oxygens (including phenoxy) is 1. The van der Waals surface area contributed by atoms with Crippen molar-refractivity contribution >= 4 is 0 Å². The predicted molar refractivity (Wildman–Crippen MR) is 76.8 cm³/mol. The molecule has 1 unspecified atom stereocenters. The first-order valence-electron chi connectivity index (χ1n) is 7.49. The monoisotopic (exact) mass is 253 g/mol. The molecule has 0 saturated carbocycles. The SMILES string of the molecule is CC(C)(C)C1CC2(CCOCC2)CN1C(C)(C)C. The van der Waals surface area contributed by atoms with Crippen LogP contribution in [0.2, 0.25) is 0 Å². The van der Waals surface area contributed by atoms with Crippen molar-refractivity contribution in [2.45, 2.75) is 72.4 Å². The maximum Gasteiger partial charge on any atom is 0.0471 e. The van der Waals surface area contributed by atoms with E-state index in [4.69, 9.17) is 4.74 Å². The van der Waals surface area contributed by atoms with Crippen molar-refractivity contribution in [2.24, 2.45) is 10.8 Å². The van der Waals surface area contributed by atoms with Crippen molar-refractivity contribution < 1.29 is 4.74 Å². The summed E-state index contributed by atoms with van der Waals surface area (Å²) in [7, 11) is 0. The molecule has 0 aromatic rings. The molecule has 2 aliphatic heterocycles. The van der Waals surface area contributed by atoms with E-state index in [1.54, 1.807) is 0 Å². The lowest BCUT2D eigenvalue weighted by atomic mass is 9.74. The van der Waals surface area contributed by atoms with Crippen LogP contribution in [0.15, 0.2) is 0 Å². The van der Waals surface area contributed by atoms with Crippen LogP contribution >= 0.6 is 0 Å². The van der Waals surface area contributed by atoms with Gasteiger partial charge < -0.3 is 4.74 Å². The van der Waals surface area contributed by atoms with Gasteiger partial charge in [-0.15, -0.1) is 0 Å². The smallest absolute Gasteiger partial charge is 0.0471 e. The minimum absolute atomic E-state index is 0.278. The summed E-state index contributed by atoms with van der Waals surface area (Å²) < 4.78 is 5.58. The zero-order valence-corrected chi connectivity index (χ0v) is 13.2. The fourth-order valence-corrected chi connectivity index (χ4v) is 3.70. The molecule has 106 valence electrons. The van der Waals surface area contributed by atoms with Crippen LogP contribution in [-0.4, -0.2) is 36.2 Å². The van der Waals surface area contributed by atoms with Crippen LogP contribution in [0.1, 0.15) is 60.8 Å². The summed E-state index contributed by atoms with van der Waals surface area (Å²) in [5.41, 5.74) is 1.18. The molecule has 2 nitrogen and oxygen atoms in total. The molecule has 0 radical (unpaired) electrons. The third-order valence-electron chi connectivity index (χ3n) is 4.92. The summed E-state index contributed by atoms with van der Waals surface area (Å²) in [6, 6.07) is 0.704. The van der Waals surface area contributed by atoms with Gasteiger partial charge in [0.2, 0.25) is 0 Å². The van der Waals surface area contributed by atoms with Crippen LogP contribution in [0.3, 0.4) is 0 Å². The first-order valence-corrected chi connectivity index (χ1v) is 7.49. The highest BCUT2D eigenvalue weighted by atomic mass is 16.5. The summed E-state index contributed by atoms with van der Waals surface area (Å²) >= 11 is 0. The molecule has 0 aliphatic carbocycles. The Hall–Kier alpha value is -0.0800. The Balaban J connectivity index is 2.23. The highest BCUT2D eigenvalue weighted by Gasteiger charge is 2.50. The maximum absolute atomic E-state index is 5.58. The van der Waals surface area contributed by atoms with Gasteiger partial charge in [0.25, 0.3) is 0 Å². The molecule has 0 aromatic heterocycles. The summed E-state index contributed by atoms with van der Waals surface area (Å²) in [6.07, 6.45) is 3.87. The molecule has 2 fully saturated rings. The fourth-order valence-electron chi connectivity index (χ4n) is 3.70. The first kappa shape index (κ1) is 14.3. The largest absolute Gasteiger partial charge is 0.381 e. The highest BCUT2D eigenvalue weighted by Crippen LogP contribution is 2.49. The average molecular weight is 253 g/mol. The second-order valence-electron chi connectivity index (χ2n) is 8.50. The van der Waals surface area contributed by atoms with E-state index in [1.165, 1.54) is 25.8 Å². The van der Waals surface area contributed by atoms with Crippen LogP contribution in [0, 0.1) is 10.8 Å². The molecule has 1 spiro atoms. The van der Waals surface area contributed by atoms with Gasteiger partial charge in [-0.3, -0.25) is 4.90 Å². The van der Waals surface area contributed by atoms with Crippen molar-refractivity contribution in [3.63, 3.8) is 0 Å². The van der Waals surface area contributed by atoms with Gasteiger partial charge in [0, 0.05) is 31.3 Å². The summed E-state index contributed by atoms with van der Waals surface area (Å²) in [4.78, 5) is 2.76. The van der Waals surface area contributed by atoms with E-state index in [0.717, 1.165) is 13.2 Å². The van der Waals surface area contributed by atoms with Gasteiger partial charge in [-0.1, -0.05) is 20.8 Å². The molecule has 2 aliphatic rings. The quantitative estimate of drug-likeness (QED) is 0.652. The van der Waals surface area contributed by atoms with Crippen molar-refractivity contribution in [1.29, 1.82) is 0 Å². The number of hydrogen-bond donors (Lipinski definition) is 0. The molecule has 2 heterocycles. The van der Waals surface area contributed by atoms with E-state index in [2.05, 4.69) is 46.4 Å². The normalized spacial score (nSPS) is 30.0. The van der Waals surface area contributed by atoms with E-state index < -0.39 is 0 Å². The molecule has 0 N–H and O–H groups in total. The molecule has 0 amide bonds. The van der Waals surface area contributed by atoms with Gasteiger partial charge in [0.1, 0.15) is 0 Å². The van der Waals surface area contributed by atoms with Crippen LogP contribution in [0.25, 0.3) is 0 Å². The van der Waals surface area contributed by atoms with Gasteiger partial charge >= 0.3 is 0 Å². The van der Waals surface area contributed by atoms with Crippen LogP contribution < -0.4 is 0 Å². The lowest BCUT2D eigenvalue weighted by Crippen LogP contribution is -2.49. The van der Waals surface area contributed by atoms with Gasteiger partial charge in [-0.05, 0) is 50.9 Å². The second-order valence-corrected chi connectivity index (χ2v) is 8.50. The summed E-state index contributed by atoms with van der Waals surface area (Å²) in [6.45, 7) is 17.5. The topological polar surface area (TPSA) is 12.5 Å². The molecule has 0 aromatic carbocycles. The Labute approximate surface area is 113 Å². The van der Waals surface area contributed by atoms with Crippen molar-refractivity contribution in [2.75, 3.05) is 19.8 Å². The van der Waals surface area contributed by atoms with E-state index >= 15 is 0 Å². The van der Waals surface area contributed by atoms with Gasteiger partial charge in [0.05, 0.1) is 0 Å². The number of nitrogens with zero attached hydrogens (tertiary/aromatic N) is 1. The Kier molecular flexibility index (Phi) is 3.57. The molecular formula is C16H31NO. The molecule has 18 heavy (non-hydrogen) atoms. The zero-order valence-electron chi connectivity index (χ0n) is 13.2. The van der Waals surface area contributed by atoms with Gasteiger partial charge in [-0.2, -0.15) is 0 Å². The minimum atomic E-state index is 0.278. The second kappa shape index (κ2) is 4.49. The highest BCUT2D eigenvalue weighted by molar-refractivity contribution is 5.04. The molecule has 2 rings (SSSR count). The number of hydrogen-bond acceptors (Lipinski definition) is 2. The lowest BCUT2D eigenvalue weighted by molar-refractivity contribution is 0.0127. The molecule has 0 bridgehead atoms. The number of likely N-dealkylation sites (tertiary alicyclic amines) is 1. The van der Waals surface area contributed by atoms with E-state index in [0.29, 0.717) is 16.9 Å². The Morgan fingerprint density at radius 3 is 1.94 bits per heavy atom. The molecule has 2 heteroatoms. The van der Waals surface area contributed by atoms with Crippen molar-refractivity contribution in [3.05, 3.63) is 0 Å². The Bertz CT molecular complexity index is 267. The molecule has 2 saturated heterocycles. The van der Waals surface area contributed by atoms with E-state index in [-0.39, 0.29) is 5.54 Å². The summed E-state index contributed by atoms with van der Waals surface area (Å²) in [5.74, 6) is 0. The van der Waals surface area contributed by atoms with Crippen LogP contribution in [0.4, 0.5) is 0 Å². The van der Waals surface area contributed by atoms with Gasteiger partial charge in [-0.25, -0.2) is 0 Å². The van der Waals surface area contributed by atoms with Crippen molar-refractivity contribution in [3.8, 4) is 0 Å². The average Bonchev–Trinajstić information content (AvgIpc) is 2.58. The van der Waals surface area contributed by atoms with Crippen LogP contribution in [-0.2, 0) is 4.74 Å². The first-order chi connectivity index (χ1) is 8.14. The fraction of sp³-hybridized carbons (Fsp3) is 1.00. The molecule has 1 atom stereocenters. The minimum Gasteiger partial charge on any atom is -0.381 e. The van der Waals surface area contributed by atoms with Crippen molar-refractivity contribution in [1.82, 2.24) is 4.90 Å². The summed E-state index contributed by atoms with van der Waals surface area (Å²) in [5, 5.41) is 0. The predicted octanol–water partition coefficient (Wildman–Crippen LogP) is 3.70. The van der Waals surface area contributed by atoms with Gasteiger partial charge in [0.15, 0.2) is 0 Å². The van der Waals surface area contributed by atoms with E-state index in [9.17, 15) is 0 Å². The zero-order chi connectivity index (χ0) is 13.6.